The van der Waals surface area contributed by atoms with Crippen molar-refractivity contribution in [1.29, 1.82) is 0 Å². The first kappa shape index (κ1) is 14.1. The van der Waals surface area contributed by atoms with E-state index in [0.29, 0.717) is 12.6 Å². The van der Waals surface area contributed by atoms with Crippen molar-refractivity contribution in [2.75, 3.05) is 6.61 Å². The van der Waals surface area contributed by atoms with Crippen LogP contribution >= 0.6 is 0 Å². The van der Waals surface area contributed by atoms with Crippen LogP contribution in [0.25, 0.3) is 0 Å². The summed E-state index contributed by atoms with van der Waals surface area (Å²) in [4.78, 5) is 0. The maximum atomic E-state index is 5.48. The Kier molecular flexibility index (Phi) is 5.96. The predicted molar refractivity (Wildman–Crippen MR) is 80.5 cm³/mol. The summed E-state index contributed by atoms with van der Waals surface area (Å²) in [5, 5.41) is 3.68. The third-order valence-electron chi connectivity index (χ3n) is 3.74. The van der Waals surface area contributed by atoms with E-state index in [1.165, 1.54) is 44.1 Å². The largest absolute Gasteiger partial charge is 0.490 e. The Morgan fingerprint density at radius 3 is 2.42 bits per heavy atom. The SMILES string of the molecule is C=CCOc1ccc(CNC2CCCCCC2)cc1. The summed E-state index contributed by atoms with van der Waals surface area (Å²) in [5.41, 5.74) is 1.33. The predicted octanol–water partition coefficient (Wildman–Crippen LogP) is 4.06. The van der Waals surface area contributed by atoms with Gasteiger partial charge in [0.1, 0.15) is 12.4 Å². The molecule has 0 bridgehead atoms. The van der Waals surface area contributed by atoms with Gasteiger partial charge in [0.15, 0.2) is 0 Å². The van der Waals surface area contributed by atoms with Crippen molar-refractivity contribution < 1.29 is 4.74 Å². The number of rotatable bonds is 6. The van der Waals surface area contributed by atoms with Crippen LogP contribution in [0.15, 0.2) is 36.9 Å². The van der Waals surface area contributed by atoms with Gasteiger partial charge in [-0.15, -0.1) is 0 Å². The number of ether oxygens (including phenoxy) is 1. The monoisotopic (exact) mass is 259 g/mol. The highest BCUT2D eigenvalue weighted by atomic mass is 16.5. The molecule has 0 atom stereocenters. The summed E-state index contributed by atoms with van der Waals surface area (Å²) in [6, 6.07) is 9.06. The molecular weight excluding hydrogens is 234 g/mol. The lowest BCUT2D eigenvalue weighted by molar-refractivity contribution is 0.363. The van der Waals surface area contributed by atoms with Gasteiger partial charge in [0.25, 0.3) is 0 Å². The molecule has 1 aliphatic carbocycles. The summed E-state index contributed by atoms with van der Waals surface area (Å²) in [5.74, 6) is 0.915. The van der Waals surface area contributed by atoms with Crippen molar-refractivity contribution in [1.82, 2.24) is 5.32 Å². The minimum atomic E-state index is 0.569. The van der Waals surface area contributed by atoms with Gasteiger partial charge in [0, 0.05) is 12.6 Å². The van der Waals surface area contributed by atoms with Crippen molar-refractivity contribution in [3.05, 3.63) is 42.5 Å². The maximum Gasteiger partial charge on any atom is 0.119 e. The molecule has 0 heterocycles. The van der Waals surface area contributed by atoms with E-state index < -0.39 is 0 Å². The molecule has 104 valence electrons. The van der Waals surface area contributed by atoms with Crippen molar-refractivity contribution in [2.45, 2.75) is 51.1 Å². The molecule has 0 aliphatic heterocycles. The highest BCUT2D eigenvalue weighted by Gasteiger charge is 2.11. The summed E-state index contributed by atoms with van der Waals surface area (Å²) < 4.78 is 5.48. The van der Waals surface area contributed by atoms with Crippen LogP contribution < -0.4 is 10.1 Å². The molecule has 0 unspecified atom stereocenters. The van der Waals surface area contributed by atoms with E-state index in [1.807, 2.05) is 12.1 Å². The normalized spacial score (nSPS) is 16.8. The van der Waals surface area contributed by atoms with Gasteiger partial charge >= 0.3 is 0 Å². The van der Waals surface area contributed by atoms with Gasteiger partial charge in [-0.05, 0) is 30.5 Å². The molecule has 1 saturated carbocycles. The van der Waals surface area contributed by atoms with Crippen molar-refractivity contribution >= 4 is 0 Å². The van der Waals surface area contributed by atoms with E-state index in [0.717, 1.165) is 12.3 Å². The van der Waals surface area contributed by atoms with E-state index in [2.05, 4.69) is 24.0 Å². The van der Waals surface area contributed by atoms with E-state index in [-0.39, 0.29) is 0 Å². The zero-order chi connectivity index (χ0) is 13.3. The Bertz CT molecular complexity index is 363. The van der Waals surface area contributed by atoms with Crippen LogP contribution in [-0.2, 0) is 6.54 Å². The zero-order valence-electron chi connectivity index (χ0n) is 11.7. The van der Waals surface area contributed by atoms with Crippen LogP contribution in [0, 0.1) is 0 Å². The fourth-order valence-electron chi connectivity index (χ4n) is 2.60. The first-order valence-electron chi connectivity index (χ1n) is 7.44. The third kappa shape index (κ3) is 5.07. The van der Waals surface area contributed by atoms with Crippen molar-refractivity contribution in [3.63, 3.8) is 0 Å². The first-order chi connectivity index (χ1) is 9.38. The minimum absolute atomic E-state index is 0.569. The molecule has 1 aliphatic rings. The van der Waals surface area contributed by atoms with Crippen molar-refractivity contribution in [2.24, 2.45) is 0 Å². The standard InChI is InChI=1S/C17H25NO/c1-2-13-19-17-11-9-15(10-12-17)14-18-16-7-5-3-4-6-8-16/h2,9-12,16,18H,1,3-8,13-14H2. The Morgan fingerprint density at radius 1 is 1.11 bits per heavy atom. The fraction of sp³-hybridized carbons (Fsp3) is 0.529. The fourth-order valence-corrected chi connectivity index (χ4v) is 2.60. The van der Waals surface area contributed by atoms with Gasteiger partial charge < -0.3 is 10.1 Å². The van der Waals surface area contributed by atoms with E-state index >= 15 is 0 Å². The van der Waals surface area contributed by atoms with Crippen LogP contribution in [0.1, 0.15) is 44.1 Å². The number of hydrogen-bond donors (Lipinski definition) is 1. The average molecular weight is 259 g/mol. The van der Waals surface area contributed by atoms with Gasteiger partial charge in [-0.2, -0.15) is 0 Å². The minimum Gasteiger partial charge on any atom is -0.490 e. The Labute approximate surface area is 116 Å². The third-order valence-corrected chi connectivity index (χ3v) is 3.74. The van der Waals surface area contributed by atoms with Gasteiger partial charge in [-0.3, -0.25) is 0 Å². The molecule has 0 aromatic heterocycles. The van der Waals surface area contributed by atoms with E-state index in [9.17, 15) is 0 Å². The lowest BCUT2D eigenvalue weighted by Crippen LogP contribution is -2.27. The average Bonchev–Trinajstić information content (AvgIpc) is 2.72. The van der Waals surface area contributed by atoms with Gasteiger partial charge in [0.2, 0.25) is 0 Å². The summed E-state index contributed by atoms with van der Waals surface area (Å²) in [6.45, 7) is 5.18. The van der Waals surface area contributed by atoms with Crippen LogP contribution in [-0.4, -0.2) is 12.6 Å². The highest BCUT2D eigenvalue weighted by Crippen LogP contribution is 2.18. The number of hydrogen-bond acceptors (Lipinski definition) is 2. The van der Waals surface area contributed by atoms with Crippen LogP contribution in [0.2, 0.25) is 0 Å². The Balaban J connectivity index is 1.77. The lowest BCUT2D eigenvalue weighted by atomic mass is 10.1. The van der Waals surface area contributed by atoms with Gasteiger partial charge in [-0.25, -0.2) is 0 Å². The quantitative estimate of drug-likeness (QED) is 0.614. The molecule has 0 spiro atoms. The number of benzene rings is 1. The smallest absolute Gasteiger partial charge is 0.119 e. The number of nitrogens with one attached hydrogen (secondary N) is 1. The zero-order valence-corrected chi connectivity index (χ0v) is 11.7. The van der Waals surface area contributed by atoms with Crippen LogP contribution in [0.4, 0.5) is 0 Å². The topological polar surface area (TPSA) is 21.3 Å². The molecule has 1 N–H and O–H groups in total. The molecule has 2 heteroatoms. The molecule has 1 fully saturated rings. The molecular formula is C17H25NO. The Hall–Kier alpha value is -1.28. The second-order valence-corrected chi connectivity index (χ2v) is 5.31. The van der Waals surface area contributed by atoms with Crippen molar-refractivity contribution in [3.8, 4) is 5.75 Å². The van der Waals surface area contributed by atoms with Crippen LogP contribution in [0.5, 0.6) is 5.75 Å². The molecule has 1 aromatic rings. The molecule has 2 nitrogen and oxygen atoms in total. The molecule has 0 amide bonds. The second kappa shape index (κ2) is 8.00. The van der Waals surface area contributed by atoms with Gasteiger partial charge in [0.05, 0.1) is 0 Å². The molecule has 19 heavy (non-hydrogen) atoms. The molecule has 0 saturated heterocycles. The molecule has 0 radical (unpaired) electrons. The highest BCUT2D eigenvalue weighted by molar-refractivity contribution is 5.27. The summed E-state index contributed by atoms with van der Waals surface area (Å²) in [6.07, 6.45) is 10.0. The molecule has 2 rings (SSSR count). The second-order valence-electron chi connectivity index (χ2n) is 5.31. The molecule has 1 aromatic carbocycles. The maximum absolute atomic E-state index is 5.48. The summed E-state index contributed by atoms with van der Waals surface area (Å²) in [7, 11) is 0. The lowest BCUT2D eigenvalue weighted by Gasteiger charge is -2.16. The van der Waals surface area contributed by atoms with E-state index in [1.54, 1.807) is 6.08 Å². The van der Waals surface area contributed by atoms with E-state index in [4.69, 9.17) is 4.74 Å². The first-order valence-corrected chi connectivity index (χ1v) is 7.44. The van der Waals surface area contributed by atoms with Crippen LogP contribution in [0.3, 0.4) is 0 Å². The summed E-state index contributed by atoms with van der Waals surface area (Å²) >= 11 is 0. The Morgan fingerprint density at radius 2 is 1.79 bits per heavy atom. The van der Waals surface area contributed by atoms with Gasteiger partial charge in [-0.1, -0.05) is 50.5 Å².